The van der Waals surface area contributed by atoms with E-state index in [0.29, 0.717) is 5.69 Å². The van der Waals surface area contributed by atoms with Gasteiger partial charge in [0.2, 0.25) is 26.0 Å². The molecule has 2 rings (SSSR count). The number of rotatable bonds is 6. The van der Waals surface area contributed by atoms with E-state index in [1.807, 2.05) is 6.92 Å². The lowest BCUT2D eigenvalue weighted by Crippen LogP contribution is -2.41. The molecule has 2 aromatic carbocycles. The Morgan fingerprint density at radius 1 is 0.923 bits per heavy atom. The first-order valence-corrected chi connectivity index (χ1v) is 10.5. The second-order valence-electron chi connectivity index (χ2n) is 5.71. The molecule has 4 N–H and O–H groups in total. The van der Waals surface area contributed by atoms with Gasteiger partial charge in [-0.15, -0.1) is 0 Å². The highest BCUT2D eigenvalue weighted by atomic mass is 32.2. The first kappa shape index (κ1) is 20.0. The largest absolute Gasteiger partial charge is 0.325 e. The smallest absolute Gasteiger partial charge is 0.242 e. The lowest BCUT2D eigenvalue weighted by Gasteiger charge is -2.15. The minimum Gasteiger partial charge on any atom is -0.325 e. The number of nitrogens with two attached hydrogens (primary N) is 1. The monoisotopic (exact) mass is 397 g/mol. The lowest BCUT2D eigenvalue weighted by molar-refractivity contribution is -0.117. The lowest BCUT2D eigenvalue weighted by atomic mass is 10.2. The number of carbonyl (C=O) groups excluding carboxylic acids is 1. The van der Waals surface area contributed by atoms with Crippen molar-refractivity contribution in [3.05, 3.63) is 54.1 Å². The Labute approximate surface area is 152 Å². The number of anilines is 1. The van der Waals surface area contributed by atoms with Crippen LogP contribution in [0.4, 0.5) is 5.69 Å². The number of hydrogen-bond donors (Lipinski definition) is 3. The van der Waals surface area contributed by atoms with Crippen LogP contribution in [0.3, 0.4) is 0 Å². The van der Waals surface area contributed by atoms with Crippen molar-refractivity contribution in [3.63, 3.8) is 0 Å². The Bertz CT molecular complexity index is 999. The van der Waals surface area contributed by atoms with E-state index >= 15 is 0 Å². The molecule has 0 saturated heterocycles. The fraction of sp³-hybridized carbons (Fsp3) is 0.188. The molecule has 0 aliphatic rings. The van der Waals surface area contributed by atoms with Gasteiger partial charge in [-0.2, -0.15) is 4.72 Å². The van der Waals surface area contributed by atoms with E-state index in [-0.39, 0.29) is 9.79 Å². The highest BCUT2D eigenvalue weighted by molar-refractivity contribution is 7.89. The van der Waals surface area contributed by atoms with Crippen LogP contribution in [-0.2, 0) is 24.8 Å². The van der Waals surface area contributed by atoms with E-state index in [1.165, 1.54) is 43.3 Å². The van der Waals surface area contributed by atoms with Gasteiger partial charge < -0.3 is 5.32 Å². The number of amides is 1. The summed E-state index contributed by atoms with van der Waals surface area (Å²) in [4.78, 5) is 12.1. The molecule has 140 valence electrons. The summed E-state index contributed by atoms with van der Waals surface area (Å²) in [7, 11) is -7.67. The molecule has 0 aliphatic heterocycles. The molecule has 0 saturated carbocycles. The minimum atomic E-state index is -3.85. The minimum absolute atomic E-state index is 0.0558. The fourth-order valence-corrected chi connectivity index (χ4v) is 3.77. The number of aryl methyl sites for hydroxylation is 1. The van der Waals surface area contributed by atoms with Crippen molar-refractivity contribution in [3.8, 4) is 0 Å². The number of sulfonamides is 2. The third kappa shape index (κ3) is 5.11. The first-order chi connectivity index (χ1) is 12.0. The summed E-state index contributed by atoms with van der Waals surface area (Å²) < 4.78 is 49.3. The summed E-state index contributed by atoms with van der Waals surface area (Å²) in [6, 6.07) is 10.4. The van der Waals surface area contributed by atoms with Crippen LogP contribution in [0, 0.1) is 6.92 Å². The van der Waals surface area contributed by atoms with E-state index in [1.54, 1.807) is 12.1 Å². The number of nitrogens with one attached hydrogen (secondary N) is 2. The summed E-state index contributed by atoms with van der Waals surface area (Å²) in [5.74, 6) is -0.593. The molecule has 0 spiro atoms. The molecule has 8 nitrogen and oxygen atoms in total. The van der Waals surface area contributed by atoms with E-state index < -0.39 is 32.0 Å². The van der Waals surface area contributed by atoms with Gasteiger partial charge in [-0.25, -0.2) is 22.0 Å². The number of hydrogen-bond acceptors (Lipinski definition) is 5. The SMILES string of the molecule is Cc1ccc(S(=O)(=O)N[C@@H](C)C(=O)Nc2ccc(S(N)(=O)=O)cc2)cc1. The third-order valence-electron chi connectivity index (χ3n) is 3.51. The highest BCUT2D eigenvalue weighted by Crippen LogP contribution is 2.14. The molecule has 0 heterocycles. The second kappa shape index (κ2) is 7.54. The third-order valence-corrected chi connectivity index (χ3v) is 5.99. The molecule has 26 heavy (non-hydrogen) atoms. The zero-order chi connectivity index (χ0) is 19.5. The van der Waals surface area contributed by atoms with Gasteiger partial charge >= 0.3 is 0 Å². The predicted octanol–water partition coefficient (Wildman–Crippen LogP) is 0.948. The molecule has 0 aliphatic carbocycles. The van der Waals surface area contributed by atoms with Gasteiger partial charge in [-0.05, 0) is 50.2 Å². The molecule has 10 heteroatoms. The Hall–Kier alpha value is -2.27. The Morgan fingerprint density at radius 3 is 1.92 bits per heavy atom. The Balaban J connectivity index is 2.06. The molecule has 1 atom stereocenters. The molecule has 0 bridgehead atoms. The zero-order valence-corrected chi connectivity index (χ0v) is 15.8. The van der Waals surface area contributed by atoms with Gasteiger partial charge in [-0.3, -0.25) is 4.79 Å². The van der Waals surface area contributed by atoms with Crippen molar-refractivity contribution in [2.24, 2.45) is 5.14 Å². The maximum absolute atomic E-state index is 12.3. The Morgan fingerprint density at radius 2 is 1.42 bits per heavy atom. The fourth-order valence-electron chi connectivity index (χ4n) is 2.05. The van der Waals surface area contributed by atoms with E-state index in [0.717, 1.165) is 5.56 Å². The summed E-state index contributed by atoms with van der Waals surface area (Å²) in [6.07, 6.45) is 0. The Kier molecular flexibility index (Phi) is 5.81. The van der Waals surface area contributed by atoms with Crippen molar-refractivity contribution < 1.29 is 21.6 Å². The number of primary sulfonamides is 1. The summed E-state index contributed by atoms with van der Waals surface area (Å²) in [6.45, 7) is 3.24. The molecular formula is C16H19N3O5S2. The van der Waals surface area contributed by atoms with E-state index in [2.05, 4.69) is 10.0 Å². The van der Waals surface area contributed by atoms with Gasteiger partial charge in [-0.1, -0.05) is 17.7 Å². The predicted molar refractivity (Wildman–Crippen MR) is 97.4 cm³/mol. The van der Waals surface area contributed by atoms with E-state index in [9.17, 15) is 21.6 Å². The van der Waals surface area contributed by atoms with Gasteiger partial charge in [0.15, 0.2) is 0 Å². The van der Waals surface area contributed by atoms with Crippen molar-refractivity contribution in [1.29, 1.82) is 0 Å². The normalized spacial score (nSPS) is 13.2. The number of carbonyl (C=O) groups is 1. The first-order valence-electron chi connectivity index (χ1n) is 7.52. The summed E-state index contributed by atoms with van der Waals surface area (Å²) in [5.41, 5.74) is 1.22. The summed E-state index contributed by atoms with van der Waals surface area (Å²) >= 11 is 0. The van der Waals surface area contributed by atoms with Gasteiger partial charge in [0.05, 0.1) is 15.8 Å². The van der Waals surface area contributed by atoms with Gasteiger partial charge in [0, 0.05) is 5.69 Å². The standard InChI is InChI=1S/C16H19N3O5S2/c1-11-3-7-15(8-4-11)26(23,24)19-12(2)16(20)18-13-5-9-14(10-6-13)25(17,21)22/h3-10,12,19H,1-2H3,(H,18,20)(H2,17,21,22)/t12-/m0/s1. The number of benzene rings is 2. The topological polar surface area (TPSA) is 135 Å². The van der Waals surface area contributed by atoms with Crippen LogP contribution in [0.1, 0.15) is 12.5 Å². The van der Waals surface area contributed by atoms with Crippen LogP contribution in [-0.4, -0.2) is 28.8 Å². The average molecular weight is 397 g/mol. The van der Waals surface area contributed by atoms with Gasteiger partial charge in [0.25, 0.3) is 0 Å². The van der Waals surface area contributed by atoms with Crippen molar-refractivity contribution in [2.75, 3.05) is 5.32 Å². The van der Waals surface area contributed by atoms with Crippen LogP contribution in [0.5, 0.6) is 0 Å². The molecule has 0 unspecified atom stereocenters. The van der Waals surface area contributed by atoms with Crippen molar-refractivity contribution in [2.45, 2.75) is 29.7 Å². The highest BCUT2D eigenvalue weighted by Gasteiger charge is 2.22. The van der Waals surface area contributed by atoms with Crippen LogP contribution in [0.25, 0.3) is 0 Å². The van der Waals surface area contributed by atoms with Crippen molar-refractivity contribution in [1.82, 2.24) is 4.72 Å². The summed E-state index contributed by atoms with van der Waals surface area (Å²) in [5, 5.41) is 7.50. The van der Waals surface area contributed by atoms with E-state index in [4.69, 9.17) is 5.14 Å². The van der Waals surface area contributed by atoms with Crippen LogP contribution < -0.4 is 15.2 Å². The molecule has 0 radical (unpaired) electrons. The van der Waals surface area contributed by atoms with Crippen LogP contribution in [0.2, 0.25) is 0 Å². The van der Waals surface area contributed by atoms with Gasteiger partial charge in [0.1, 0.15) is 0 Å². The quantitative estimate of drug-likeness (QED) is 0.667. The average Bonchev–Trinajstić information content (AvgIpc) is 2.54. The maximum Gasteiger partial charge on any atom is 0.242 e. The molecule has 2 aromatic rings. The molecule has 1 amide bonds. The maximum atomic E-state index is 12.3. The van der Waals surface area contributed by atoms with Crippen LogP contribution >= 0.6 is 0 Å². The van der Waals surface area contributed by atoms with Crippen LogP contribution in [0.15, 0.2) is 58.3 Å². The molecule has 0 aromatic heterocycles. The van der Waals surface area contributed by atoms with Crippen molar-refractivity contribution >= 4 is 31.6 Å². The molecular weight excluding hydrogens is 378 g/mol. The molecule has 0 fully saturated rings. The zero-order valence-electron chi connectivity index (χ0n) is 14.1. The second-order valence-corrected chi connectivity index (χ2v) is 8.99.